The Bertz CT molecular complexity index is 356. The fraction of sp³-hybridized carbons (Fsp3) is 0.933. The molecule has 0 aromatic heterocycles. The number of nitrogens with zero attached hydrogens (tertiary/aromatic N) is 1. The van der Waals surface area contributed by atoms with E-state index < -0.39 is 0 Å². The Morgan fingerprint density at radius 2 is 1.95 bits per heavy atom. The van der Waals surface area contributed by atoms with E-state index in [9.17, 15) is 10.2 Å². The van der Waals surface area contributed by atoms with Gasteiger partial charge in [-0.05, 0) is 32.6 Å². The lowest BCUT2D eigenvalue weighted by molar-refractivity contribution is 0.127. The molecule has 1 aliphatic heterocycles. The molecule has 1 aliphatic carbocycles. The average molecular weight is 427 g/mol. The number of aliphatic imine (C=N–C) groups is 1. The molecule has 0 amide bonds. The second-order valence-electron chi connectivity index (χ2n) is 6.48. The first kappa shape index (κ1) is 19.9. The maximum atomic E-state index is 9.36. The van der Waals surface area contributed by atoms with Gasteiger partial charge in [0.15, 0.2) is 5.96 Å². The van der Waals surface area contributed by atoms with Gasteiger partial charge >= 0.3 is 0 Å². The van der Waals surface area contributed by atoms with Crippen molar-refractivity contribution in [2.24, 2.45) is 15.8 Å². The van der Waals surface area contributed by atoms with Crippen LogP contribution in [0.15, 0.2) is 4.99 Å². The highest BCUT2D eigenvalue weighted by molar-refractivity contribution is 14.0. The number of nitrogens with one attached hydrogen (secondary N) is 2. The van der Waals surface area contributed by atoms with Gasteiger partial charge in [-0.1, -0.05) is 0 Å². The molecule has 2 fully saturated rings. The quantitative estimate of drug-likeness (QED) is 0.261. The van der Waals surface area contributed by atoms with Gasteiger partial charge < -0.3 is 25.6 Å². The zero-order valence-corrected chi connectivity index (χ0v) is 15.8. The van der Waals surface area contributed by atoms with E-state index in [-0.39, 0.29) is 48.0 Å². The Labute approximate surface area is 150 Å². The van der Waals surface area contributed by atoms with Gasteiger partial charge in [0.1, 0.15) is 0 Å². The highest BCUT2D eigenvalue weighted by Gasteiger charge is 2.42. The summed E-state index contributed by atoms with van der Waals surface area (Å²) in [7, 11) is 0. The van der Waals surface area contributed by atoms with Gasteiger partial charge in [0, 0.05) is 37.1 Å². The lowest BCUT2D eigenvalue weighted by atomic mass is 9.84. The molecule has 2 rings (SSSR count). The predicted octanol–water partition coefficient (Wildman–Crippen LogP) is 0.721. The monoisotopic (exact) mass is 427 g/mol. The Morgan fingerprint density at radius 3 is 2.45 bits per heavy atom. The molecule has 1 unspecified atom stereocenters. The highest BCUT2D eigenvalue weighted by Crippen LogP contribution is 2.45. The minimum Gasteiger partial charge on any atom is -0.396 e. The predicted molar refractivity (Wildman–Crippen MR) is 97.7 cm³/mol. The van der Waals surface area contributed by atoms with Crippen LogP contribution in [0.5, 0.6) is 0 Å². The number of hydrogen-bond donors (Lipinski definition) is 4. The van der Waals surface area contributed by atoms with Gasteiger partial charge in [0.25, 0.3) is 0 Å². The normalized spacial score (nSPS) is 26.4. The van der Waals surface area contributed by atoms with Gasteiger partial charge in [-0.15, -0.1) is 24.0 Å². The minimum absolute atomic E-state index is 0. The Balaban J connectivity index is 0.00000242. The van der Waals surface area contributed by atoms with Crippen molar-refractivity contribution in [3.63, 3.8) is 0 Å². The molecule has 1 saturated heterocycles. The topological polar surface area (TPSA) is 86.1 Å². The molecule has 1 saturated carbocycles. The average Bonchev–Trinajstić information content (AvgIpc) is 3.14. The largest absolute Gasteiger partial charge is 0.396 e. The second kappa shape index (κ2) is 9.24. The van der Waals surface area contributed by atoms with Crippen molar-refractivity contribution in [3.8, 4) is 0 Å². The Morgan fingerprint density at radius 1 is 1.18 bits per heavy atom. The van der Waals surface area contributed by atoms with E-state index >= 15 is 0 Å². The summed E-state index contributed by atoms with van der Waals surface area (Å²) in [5.41, 5.74) is 0.0425. The molecule has 6 nitrogen and oxygen atoms in total. The molecule has 1 atom stereocenters. The molecule has 7 heteroatoms. The van der Waals surface area contributed by atoms with Crippen LogP contribution in [0, 0.1) is 10.8 Å². The number of hydrogen-bond acceptors (Lipinski definition) is 4. The number of ether oxygens (including phenoxy) is 1. The maximum absolute atomic E-state index is 9.36. The van der Waals surface area contributed by atoms with Gasteiger partial charge in [0.05, 0.1) is 19.8 Å². The molecule has 0 aromatic carbocycles. The van der Waals surface area contributed by atoms with Crippen LogP contribution in [-0.4, -0.2) is 62.2 Å². The number of aliphatic hydroxyl groups is 2. The highest BCUT2D eigenvalue weighted by atomic mass is 127. The molecule has 1 heterocycles. The molecule has 4 N–H and O–H groups in total. The van der Waals surface area contributed by atoms with Crippen LogP contribution in [0.25, 0.3) is 0 Å². The first-order valence-electron chi connectivity index (χ1n) is 7.99. The smallest absolute Gasteiger partial charge is 0.191 e. The van der Waals surface area contributed by atoms with Gasteiger partial charge in [0.2, 0.25) is 0 Å². The van der Waals surface area contributed by atoms with Crippen LogP contribution >= 0.6 is 24.0 Å². The summed E-state index contributed by atoms with van der Waals surface area (Å²) in [5, 5.41) is 25.2. The zero-order valence-electron chi connectivity index (χ0n) is 13.4. The van der Waals surface area contributed by atoms with Crippen molar-refractivity contribution in [2.75, 3.05) is 46.1 Å². The Hall–Kier alpha value is -0.120. The maximum Gasteiger partial charge on any atom is 0.191 e. The third-order valence-electron chi connectivity index (χ3n) is 4.67. The van der Waals surface area contributed by atoms with Gasteiger partial charge in [-0.2, -0.15) is 0 Å². The second-order valence-corrected chi connectivity index (χ2v) is 6.48. The third kappa shape index (κ3) is 5.50. The minimum atomic E-state index is 0. The first-order chi connectivity index (χ1) is 10.2. The van der Waals surface area contributed by atoms with Crippen LogP contribution in [-0.2, 0) is 4.74 Å². The van der Waals surface area contributed by atoms with E-state index in [4.69, 9.17) is 4.74 Å². The van der Waals surface area contributed by atoms with Crippen LogP contribution in [0.3, 0.4) is 0 Å². The van der Waals surface area contributed by atoms with E-state index in [0.717, 1.165) is 51.3 Å². The van der Waals surface area contributed by atoms with Crippen LogP contribution in [0.4, 0.5) is 0 Å². The van der Waals surface area contributed by atoms with E-state index in [1.165, 1.54) is 0 Å². The lowest BCUT2D eigenvalue weighted by Crippen LogP contribution is -2.44. The Kier molecular flexibility index (Phi) is 8.37. The van der Waals surface area contributed by atoms with Crippen LogP contribution in [0.1, 0.15) is 32.6 Å². The zero-order chi connectivity index (χ0) is 15.2. The summed E-state index contributed by atoms with van der Waals surface area (Å²) in [4.78, 5) is 4.60. The molecule has 0 spiro atoms. The van der Waals surface area contributed by atoms with Crippen molar-refractivity contribution in [2.45, 2.75) is 32.6 Å². The van der Waals surface area contributed by atoms with E-state index in [1.807, 2.05) is 6.92 Å². The van der Waals surface area contributed by atoms with Crippen molar-refractivity contribution < 1.29 is 14.9 Å². The number of aliphatic hydroxyl groups excluding tert-OH is 2. The molecule has 130 valence electrons. The summed E-state index contributed by atoms with van der Waals surface area (Å²) in [5.74, 6) is 0.793. The van der Waals surface area contributed by atoms with Gasteiger partial charge in [-0.25, -0.2) is 0 Å². The summed E-state index contributed by atoms with van der Waals surface area (Å²) in [6.45, 7) is 6.14. The SMILES string of the molecule is CCNC(=NCC1(CO)CC1)NCC1(CCO)CCOC1.I. The fourth-order valence-electron chi connectivity index (χ4n) is 2.71. The van der Waals surface area contributed by atoms with E-state index in [0.29, 0.717) is 13.2 Å². The fourth-order valence-corrected chi connectivity index (χ4v) is 2.71. The van der Waals surface area contributed by atoms with Crippen LogP contribution < -0.4 is 10.6 Å². The van der Waals surface area contributed by atoms with Crippen molar-refractivity contribution in [1.82, 2.24) is 10.6 Å². The molecule has 0 aromatic rings. The summed E-state index contributed by atoms with van der Waals surface area (Å²) in [6.07, 6.45) is 3.85. The number of rotatable bonds is 8. The summed E-state index contributed by atoms with van der Waals surface area (Å²) >= 11 is 0. The lowest BCUT2D eigenvalue weighted by Gasteiger charge is -2.27. The number of halogens is 1. The van der Waals surface area contributed by atoms with Crippen molar-refractivity contribution >= 4 is 29.9 Å². The molecule has 2 aliphatic rings. The standard InChI is InChI=1S/C15H29N3O3.HI/c1-2-16-13(17-9-14(11-20)3-4-14)18-10-15(5-7-19)6-8-21-12-15;/h19-20H,2-12H2,1H3,(H2,16,17,18);1H. The van der Waals surface area contributed by atoms with Crippen LogP contribution in [0.2, 0.25) is 0 Å². The number of guanidine groups is 1. The van der Waals surface area contributed by atoms with Crippen molar-refractivity contribution in [1.29, 1.82) is 0 Å². The molecule has 0 radical (unpaired) electrons. The summed E-state index contributed by atoms with van der Waals surface area (Å²) in [6, 6.07) is 0. The van der Waals surface area contributed by atoms with E-state index in [2.05, 4.69) is 15.6 Å². The molecular formula is C15H30IN3O3. The van der Waals surface area contributed by atoms with Gasteiger partial charge in [-0.3, -0.25) is 4.99 Å². The summed E-state index contributed by atoms with van der Waals surface area (Å²) < 4.78 is 5.50. The van der Waals surface area contributed by atoms with Crippen molar-refractivity contribution in [3.05, 3.63) is 0 Å². The first-order valence-corrected chi connectivity index (χ1v) is 7.99. The third-order valence-corrected chi connectivity index (χ3v) is 4.67. The molecule has 22 heavy (non-hydrogen) atoms. The van der Waals surface area contributed by atoms with E-state index in [1.54, 1.807) is 0 Å². The molecule has 0 bridgehead atoms. The molecular weight excluding hydrogens is 397 g/mol.